The summed E-state index contributed by atoms with van der Waals surface area (Å²) in [7, 11) is 0. The number of fused-ring (bicyclic) bond motifs is 2. The monoisotopic (exact) mass is 359 g/mol. The van der Waals surface area contributed by atoms with Gasteiger partial charge in [0.2, 0.25) is 5.95 Å². The highest BCUT2D eigenvalue weighted by molar-refractivity contribution is 5.76. The molecular weight excluding hydrogens is 342 g/mol. The maximum absolute atomic E-state index is 12.5. The first-order valence-electron chi connectivity index (χ1n) is 8.76. The Balaban J connectivity index is 1.58. The molecule has 0 aliphatic carbocycles. The summed E-state index contributed by atoms with van der Waals surface area (Å²) in [5.74, 6) is 1.24. The third-order valence-electron chi connectivity index (χ3n) is 4.77. The Morgan fingerprint density at radius 1 is 1.11 bits per heavy atom. The Labute approximate surface area is 154 Å². The van der Waals surface area contributed by atoms with Gasteiger partial charge in [0.25, 0.3) is 5.56 Å². The van der Waals surface area contributed by atoms with Crippen LogP contribution in [0, 0.1) is 0 Å². The minimum absolute atomic E-state index is 0.0811. The molecule has 2 aromatic carbocycles. The molecule has 0 saturated carbocycles. The van der Waals surface area contributed by atoms with Gasteiger partial charge in [0.05, 0.1) is 17.9 Å². The highest BCUT2D eigenvalue weighted by atomic mass is 16.5. The topological polar surface area (TPSA) is 84.8 Å². The lowest BCUT2D eigenvalue weighted by molar-refractivity contribution is 0.235. The predicted molar refractivity (Wildman–Crippen MR) is 102 cm³/mol. The van der Waals surface area contributed by atoms with Crippen molar-refractivity contribution in [1.82, 2.24) is 19.7 Å². The fourth-order valence-electron chi connectivity index (χ4n) is 3.45. The summed E-state index contributed by atoms with van der Waals surface area (Å²) in [6.07, 6.45) is 1.46. The largest absolute Gasteiger partial charge is 0.488 e. The van der Waals surface area contributed by atoms with Gasteiger partial charge in [-0.1, -0.05) is 36.4 Å². The third-order valence-corrected chi connectivity index (χ3v) is 4.77. The summed E-state index contributed by atoms with van der Waals surface area (Å²) in [5.41, 5.74) is 2.17. The van der Waals surface area contributed by atoms with Gasteiger partial charge in [0.15, 0.2) is 5.65 Å². The van der Waals surface area contributed by atoms with Gasteiger partial charge in [-0.2, -0.15) is 10.1 Å². The molecule has 7 nitrogen and oxygen atoms in total. The number of hydrogen-bond acceptors (Lipinski definition) is 5. The van der Waals surface area contributed by atoms with Gasteiger partial charge in [-0.15, -0.1) is 0 Å². The molecule has 3 heterocycles. The van der Waals surface area contributed by atoms with Crippen molar-refractivity contribution in [1.29, 1.82) is 0 Å². The molecule has 2 N–H and O–H groups in total. The molecule has 4 aromatic rings. The Bertz CT molecular complexity index is 1180. The fourth-order valence-corrected chi connectivity index (χ4v) is 3.45. The zero-order valence-electron chi connectivity index (χ0n) is 14.6. The van der Waals surface area contributed by atoms with Crippen LogP contribution in [0.5, 0.6) is 5.75 Å². The van der Waals surface area contributed by atoms with Gasteiger partial charge in [-0.05, 0) is 25.1 Å². The van der Waals surface area contributed by atoms with E-state index in [0.29, 0.717) is 17.0 Å². The minimum atomic E-state index is -0.232. The summed E-state index contributed by atoms with van der Waals surface area (Å²) in [5, 5.41) is 8.09. The zero-order chi connectivity index (χ0) is 18.4. The molecule has 7 heteroatoms. The molecule has 134 valence electrons. The number of anilines is 1. The van der Waals surface area contributed by atoms with Gasteiger partial charge in [-0.3, -0.25) is 9.78 Å². The van der Waals surface area contributed by atoms with E-state index in [0.717, 1.165) is 17.0 Å². The number of benzene rings is 2. The molecule has 27 heavy (non-hydrogen) atoms. The molecular formula is C20H17N5O2. The van der Waals surface area contributed by atoms with Crippen LogP contribution < -0.4 is 15.6 Å². The van der Waals surface area contributed by atoms with Crippen molar-refractivity contribution in [2.24, 2.45) is 0 Å². The summed E-state index contributed by atoms with van der Waals surface area (Å²) in [4.78, 5) is 20.0. The minimum Gasteiger partial charge on any atom is -0.488 e. The first-order valence-corrected chi connectivity index (χ1v) is 8.76. The zero-order valence-corrected chi connectivity index (χ0v) is 14.6. The SMILES string of the molecule is CC1Oc2ccccc2C1Nc1nc2c(cnn2-c2ccccc2)c(=O)[nH]1. The summed E-state index contributed by atoms with van der Waals surface area (Å²) < 4.78 is 7.55. The van der Waals surface area contributed by atoms with Crippen molar-refractivity contribution in [3.8, 4) is 11.4 Å². The van der Waals surface area contributed by atoms with E-state index in [1.807, 2.05) is 61.5 Å². The number of aromatic amines is 1. The second-order valence-corrected chi connectivity index (χ2v) is 6.53. The standard InChI is InChI=1S/C20H17N5O2/c1-12-17(14-9-5-6-10-16(14)27-12)22-20-23-18-15(19(26)24-20)11-21-25(18)13-7-3-2-4-8-13/h2-12,17H,1H3,(H2,22,23,24,26). The maximum atomic E-state index is 12.5. The number of hydrogen-bond donors (Lipinski definition) is 2. The molecule has 0 amide bonds. The lowest BCUT2D eigenvalue weighted by atomic mass is 10.1. The molecule has 1 aliphatic rings. The van der Waals surface area contributed by atoms with Crippen LogP contribution in [0.3, 0.4) is 0 Å². The van der Waals surface area contributed by atoms with E-state index in [-0.39, 0.29) is 17.7 Å². The van der Waals surface area contributed by atoms with Gasteiger partial charge in [-0.25, -0.2) is 4.68 Å². The van der Waals surface area contributed by atoms with Gasteiger partial charge in [0, 0.05) is 5.56 Å². The lowest BCUT2D eigenvalue weighted by Crippen LogP contribution is -2.24. The second-order valence-electron chi connectivity index (χ2n) is 6.53. The number of H-pyrrole nitrogens is 1. The number of aromatic nitrogens is 4. The average Bonchev–Trinajstić information content (AvgIpc) is 3.24. The molecule has 1 aliphatic heterocycles. The Hall–Kier alpha value is -3.61. The second kappa shape index (κ2) is 5.98. The van der Waals surface area contributed by atoms with Gasteiger partial charge in [0.1, 0.15) is 17.2 Å². The number of para-hydroxylation sites is 2. The van der Waals surface area contributed by atoms with E-state index in [2.05, 4.69) is 20.4 Å². The van der Waals surface area contributed by atoms with Crippen LogP contribution in [0.2, 0.25) is 0 Å². The van der Waals surface area contributed by atoms with E-state index in [1.165, 1.54) is 6.20 Å². The number of nitrogens with one attached hydrogen (secondary N) is 2. The molecule has 0 radical (unpaired) electrons. The summed E-state index contributed by atoms with van der Waals surface area (Å²) in [6, 6.07) is 17.4. The maximum Gasteiger partial charge on any atom is 0.263 e. The third kappa shape index (κ3) is 2.55. The molecule has 0 saturated heterocycles. The first-order chi connectivity index (χ1) is 13.2. The van der Waals surface area contributed by atoms with E-state index in [4.69, 9.17) is 4.74 Å². The Kier molecular flexibility index (Phi) is 3.46. The average molecular weight is 359 g/mol. The Morgan fingerprint density at radius 3 is 2.74 bits per heavy atom. The molecule has 5 rings (SSSR count). The molecule has 0 fully saturated rings. The number of rotatable bonds is 3. The molecule has 0 bridgehead atoms. The summed E-state index contributed by atoms with van der Waals surface area (Å²) >= 11 is 0. The Morgan fingerprint density at radius 2 is 1.89 bits per heavy atom. The number of nitrogens with zero attached hydrogens (tertiary/aromatic N) is 3. The smallest absolute Gasteiger partial charge is 0.263 e. The normalized spacial score (nSPS) is 18.3. The van der Waals surface area contributed by atoms with Gasteiger partial charge < -0.3 is 10.1 Å². The summed E-state index contributed by atoms with van der Waals surface area (Å²) in [6.45, 7) is 1.99. The molecule has 0 spiro atoms. The van der Waals surface area contributed by atoms with E-state index in [9.17, 15) is 4.79 Å². The van der Waals surface area contributed by atoms with Crippen molar-refractivity contribution < 1.29 is 4.74 Å². The van der Waals surface area contributed by atoms with E-state index >= 15 is 0 Å². The van der Waals surface area contributed by atoms with Crippen LogP contribution >= 0.6 is 0 Å². The van der Waals surface area contributed by atoms with Crippen LogP contribution in [-0.4, -0.2) is 25.9 Å². The van der Waals surface area contributed by atoms with E-state index < -0.39 is 0 Å². The van der Waals surface area contributed by atoms with Crippen molar-refractivity contribution in [3.05, 3.63) is 76.7 Å². The molecule has 2 unspecified atom stereocenters. The number of ether oxygens (including phenoxy) is 1. The van der Waals surface area contributed by atoms with E-state index in [1.54, 1.807) is 4.68 Å². The van der Waals surface area contributed by atoms with Crippen molar-refractivity contribution >= 4 is 17.0 Å². The van der Waals surface area contributed by atoms with Crippen molar-refractivity contribution in [2.45, 2.75) is 19.1 Å². The lowest BCUT2D eigenvalue weighted by Gasteiger charge is -2.17. The van der Waals surface area contributed by atoms with Gasteiger partial charge >= 0.3 is 0 Å². The molecule has 2 aromatic heterocycles. The van der Waals surface area contributed by atoms with Crippen molar-refractivity contribution in [2.75, 3.05) is 5.32 Å². The van der Waals surface area contributed by atoms with Crippen LogP contribution in [0.25, 0.3) is 16.7 Å². The van der Waals surface area contributed by atoms with Crippen LogP contribution in [0.15, 0.2) is 65.6 Å². The van der Waals surface area contributed by atoms with Crippen molar-refractivity contribution in [3.63, 3.8) is 0 Å². The highest BCUT2D eigenvalue weighted by Crippen LogP contribution is 2.37. The van der Waals surface area contributed by atoms with Crippen LogP contribution in [0.1, 0.15) is 18.5 Å². The van der Waals surface area contributed by atoms with Crippen LogP contribution in [-0.2, 0) is 0 Å². The highest BCUT2D eigenvalue weighted by Gasteiger charge is 2.31. The fraction of sp³-hybridized carbons (Fsp3) is 0.150. The quantitative estimate of drug-likeness (QED) is 0.587. The van der Waals surface area contributed by atoms with Crippen LogP contribution in [0.4, 0.5) is 5.95 Å². The predicted octanol–water partition coefficient (Wildman–Crippen LogP) is 3.04. The first kappa shape index (κ1) is 15.6. The molecule has 2 atom stereocenters.